The van der Waals surface area contributed by atoms with E-state index in [0.717, 1.165) is 18.3 Å². The molecule has 0 amide bonds. The van der Waals surface area contributed by atoms with Crippen LogP contribution in [-0.2, 0) is 6.61 Å². The van der Waals surface area contributed by atoms with Crippen molar-refractivity contribution in [3.8, 4) is 5.69 Å². The molecular formula is C21H19BF2N4O4. The molecular weight excluding hydrogens is 421 g/mol. The lowest BCUT2D eigenvalue weighted by molar-refractivity contribution is 0.0695. The summed E-state index contributed by atoms with van der Waals surface area (Å²) in [7, 11) is 6.34. The fourth-order valence-corrected chi connectivity index (χ4v) is 4.10. The number of halogens is 2. The molecule has 4 rings (SSSR count). The number of benzene rings is 2. The highest BCUT2D eigenvalue weighted by atomic mass is 19.1. The van der Waals surface area contributed by atoms with Gasteiger partial charge in [-0.15, -0.1) is 0 Å². The zero-order chi connectivity index (χ0) is 23.3. The second-order valence-corrected chi connectivity index (χ2v) is 7.72. The van der Waals surface area contributed by atoms with Gasteiger partial charge in [0.15, 0.2) is 0 Å². The number of rotatable bonds is 4. The van der Waals surface area contributed by atoms with Gasteiger partial charge >= 0.3 is 5.97 Å². The Kier molecular flexibility index (Phi) is 5.39. The molecule has 0 bridgehead atoms. The molecule has 0 aliphatic carbocycles. The highest BCUT2D eigenvalue weighted by Crippen LogP contribution is 2.29. The zero-order valence-electron chi connectivity index (χ0n) is 16.8. The van der Waals surface area contributed by atoms with E-state index in [9.17, 15) is 24.2 Å². The normalized spacial score (nSPS) is 16.1. The van der Waals surface area contributed by atoms with Crippen LogP contribution >= 0.6 is 0 Å². The number of carboxylic acids is 1. The van der Waals surface area contributed by atoms with Gasteiger partial charge < -0.3 is 31.1 Å². The minimum atomic E-state index is -1.54. The van der Waals surface area contributed by atoms with E-state index in [-0.39, 0.29) is 45.0 Å². The van der Waals surface area contributed by atoms with E-state index in [4.69, 9.17) is 19.3 Å². The van der Waals surface area contributed by atoms with E-state index >= 15 is 4.39 Å². The molecule has 2 aromatic carbocycles. The summed E-state index contributed by atoms with van der Waals surface area (Å²) in [6.07, 6.45) is 1.62. The number of carboxylic acid groups (broad SMARTS) is 1. The summed E-state index contributed by atoms with van der Waals surface area (Å²) in [6, 6.07) is 2.93. The first-order valence-electron chi connectivity index (χ1n) is 9.74. The van der Waals surface area contributed by atoms with Gasteiger partial charge in [0.2, 0.25) is 5.43 Å². The molecule has 1 saturated heterocycles. The van der Waals surface area contributed by atoms with E-state index in [1.54, 1.807) is 4.90 Å². The van der Waals surface area contributed by atoms with Crippen LogP contribution < -0.4 is 27.3 Å². The number of nitrogens with two attached hydrogens (primary N) is 2. The Labute approximate surface area is 182 Å². The topological polar surface area (TPSA) is 135 Å². The summed E-state index contributed by atoms with van der Waals surface area (Å²) in [4.78, 5) is 26.2. The summed E-state index contributed by atoms with van der Waals surface area (Å²) in [6.45, 7) is 0.170. The maximum absolute atomic E-state index is 15.1. The summed E-state index contributed by atoms with van der Waals surface area (Å²) in [5.41, 5.74) is 9.87. The molecule has 1 aromatic heterocycles. The van der Waals surface area contributed by atoms with Gasteiger partial charge in [-0.1, -0.05) is 0 Å². The molecule has 164 valence electrons. The minimum Gasteiger partial charge on any atom is -0.477 e. The van der Waals surface area contributed by atoms with Crippen molar-refractivity contribution in [2.24, 2.45) is 5.73 Å². The highest BCUT2D eigenvalue weighted by Gasteiger charge is 2.27. The van der Waals surface area contributed by atoms with Crippen molar-refractivity contribution in [3.05, 3.63) is 57.4 Å². The van der Waals surface area contributed by atoms with Crippen molar-refractivity contribution in [2.45, 2.75) is 19.1 Å². The molecule has 2 heterocycles. The monoisotopic (exact) mass is 440 g/mol. The Morgan fingerprint density at radius 2 is 1.97 bits per heavy atom. The van der Waals surface area contributed by atoms with Crippen LogP contribution in [0.3, 0.4) is 0 Å². The molecule has 1 aliphatic rings. The number of aromatic carboxylic acids is 1. The van der Waals surface area contributed by atoms with Gasteiger partial charge in [0.05, 0.1) is 29.2 Å². The fraction of sp³-hybridized carbons (Fsp3) is 0.238. The number of aliphatic hydroxyl groups is 1. The van der Waals surface area contributed by atoms with Crippen LogP contribution in [0, 0.1) is 11.6 Å². The lowest BCUT2D eigenvalue weighted by Gasteiger charge is -2.25. The van der Waals surface area contributed by atoms with E-state index in [1.807, 2.05) is 0 Å². The lowest BCUT2D eigenvalue weighted by atomic mass is 9.88. The Hall–Kier alpha value is -3.44. The van der Waals surface area contributed by atoms with E-state index in [1.165, 1.54) is 10.6 Å². The van der Waals surface area contributed by atoms with E-state index < -0.39 is 35.2 Å². The third-order valence-electron chi connectivity index (χ3n) is 5.65. The lowest BCUT2D eigenvalue weighted by Crippen LogP contribution is -2.32. The van der Waals surface area contributed by atoms with Crippen molar-refractivity contribution in [3.63, 3.8) is 0 Å². The molecule has 1 aliphatic heterocycles. The summed E-state index contributed by atoms with van der Waals surface area (Å²) >= 11 is 0. The molecule has 1 atom stereocenters. The van der Waals surface area contributed by atoms with Crippen molar-refractivity contribution in [1.82, 2.24) is 4.57 Å². The smallest absolute Gasteiger partial charge is 0.341 e. The number of pyridine rings is 1. The van der Waals surface area contributed by atoms with Gasteiger partial charge in [0.25, 0.3) is 0 Å². The van der Waals surface area contributed by atoms with Gasteiger partial charge in [0.1, 0.15) is 25.0 Å². The first-order valence-corrected chi connectivity index (χ1v) is 9.74. The number of aromatic nitrogens is 1. The third kappa shape index (κ3) is 3.39. The SMILES string of the molecule is [B]c1c(N2CCC(N)C2)c(F)cc2c(=O)c(C(=O)O)cn(-c3cc(N)c(F)cc3CO)c12. The van der Waals surface area contributed by atoms with Crippen molar-refractivity contribution < 1.29 is 23.8 Å². The predicted molar refractivity (Wildman–Crippen MR) is 117 cm³/mol. The molecule has 2 radical (unpaired) electrons. The molecule has 1 fully saturated rings. The first kappa shape index (κ1) is 21.8. The number of aliphatic hydroxyl groups excluding tert-OH is 1. The number of carbonyl (C=O) groups is 1. The summed E-state index contributed by atoms with van der Waals surface area (Å²) < 4.78 is 30.3. The highest BCUT2D eigenvalue weighted by molar-refractivity contribution is 6.42. The molecule has 0 spiro atoms. The van der Waals surface area contributed by atoms with E-state index in [2.05, 4.69) is 0 Å². The molecule has 8 nitrogen and oxygen atoms in total. The molecule has 3 aromatic rings. The van der Waals surface area contributed by atoms with Crippen LogP contribution in [0.5, 0.6) is 0 Å². The van der Waals surface area contributed by atoms with Crippen LogP contribution in [0.1, 0.15) is 22.3 Å². The Morgan fingerprint density at radius 1 is 1.25 bits per heavy atom. The number of anilines is 2. The third-order valence-corrected chi connectivity index (χ3v) is 5.65. The number of fused-ring (bicyclic) bond motifs is 1. The molecule has 0 saturated carbocycles. The van der Waals surface area contributed by atoms with Crippen LogP contribution in [-0.4, -0.2) is 47.7 Å². The van der Waals surface area contributed by atoms with Gasteiger partial charge in [-0.25, -0.2) is 13.6 Å². The van der Waals surface area contributed by atoms with Crippen LogP contribution in [0.25, 0.3) is 16.6 Å². The van der Waals surface area contributed by atoms with Crippen LogP contribution in [0.4, 0.5) is 20.2 Å². The number of nitrogen functional groups attached to an aromatic ring is 1. The second-order valence-electron chi connectivity index (χ2n) is 7.72. The predicted octanol–water partition coefficient (Wildman–Crippen LogP) is 0.373. The van der Waals surface area contributed by atoms with Crippen LogP contribution in [0.15, 0.2) is 29.2 Å². The fourth-order valence-electron chi connectivity index (χ4n) is 4.10. The largest absolute Gasteiger partial charge is 0.477 e. The number of hydrogen-bond donors (Lipinski definition) is 4. The van der Waals surface area contributed by atoms with Crippen molar-refractivity contribution in [2.75, 3.05) is 23.7 Å². The molecule has 11 heteroatoms. The van der Waals surface area contributed by atoms with Crippen molar-refractivity contribution in [1.29, 1.82) is 0 Å². The maximum atomic E-state index is 15.1. The second kappa shape index (κ2) is 7.92. The Bertz CT molecular complexity index is 1330. The van der Waals surface area contributed by atoms with Gasteiger partial charge in [-0.05, 0) is 30.1 Å². The zero-order valence-corrected chi connectivity index (χ0v) is 16.8. The number of nitrogens with zero attached hydrogens (tertiary/aromatic N) is 2. The Balaban J connectivity index is 2.15. The average molecular weight is 440 g/mol. The van der Waals surface area contributed by atoms with Gasteiger partial charge in [0, 0.05) is 36.3 Å². The summed E-state index contributed by atoms with van der Waals surface area (Å²) in [5, 5.41) is 19.0. The summed E-state index contributed by atoms with van der Waals surface area (Å²) in [5.74, 6) is -3.12. The first-order chi connectivity index (χ1) is 15.1. The van der Waals surface area contributed by atoms with Gasteiger partial charge in [-0.2, -0.15) is 0 Å². The molecule has 1 unspecified atom stereocenters. The Morgan fingerprint density at radius 3 is 2.56 bits per heavy atom. The minimum absolute atomic E-state index is 0.0116. The number of hydrogen-bond acceptors (Lipinski definition) is 6. The molecule has 32 heavy (non-hydrogen) atoms. The van der Waals surface area contributed by atoms with E-state index in [0.29, 0.717) is 19.5 Å². The van der Waals surface area contributed by atoms with Gasteiger partial charge in [-0.3, -0.25) is 4.79 Å². The average Bonchev–Trinajstić information content (AvgIpc) is 3.16. The van der Waals surface area contributed by atoms with Crippen molar-refractivity contribution >= 4 is 41.6 Å². The quantitative estimate of drug-likeness (QED) is 0.340. The molecule has 6 N–H and O–H groups in total. The maximum Gasteiger partial charge on any atom is 0.341 e. The van der Waals surface area contributed by atoms with Crippen LogP contribution in [0.2, 0.25) is 0 Å². The standard InChI is InChI=1S/C21H19BF2N4O4/c22-17-18-11(4-14(24)19(17)27-2-1-10(25)6-27)20(30)12(21(31)32)7-28(18)16-5-15(26)13(23)3-9(16)8-29/h3-5,7,10,29H,1-2,6,8,25-26H2,(H,31,32).